The normalized spacial score (nSPS) is 10.8. The van der Waals surface area contributed by atoms with Crippen LogP contribution in [-0.4, -0.2) is 24.1 Å². The molecule has 0 radical (unpaired) electrons. The van der Waals surface area contributed by atoms with Gasteiger partial charge in [0.15, 0.2) is 6.61 Å². The fourth-order valence-corrected chi connectivity index (χ4v) is 1.41. The van der Waals surface area contributed by atoms with Crippen LogP contribution in [0.5, 0.6) is 5.75 Å². The van der Waals surface area contributed by atoms with E-state index in [0.717, 1.165) is 5.56 Å². The summed E-state index contributed by atoms with van der Waals surface area (Å²) >= 11 is 0. The highest BCUT2D eigenvalue weighted by molar-refractivity contribution is 5.95. The van der Waals surface area contributed by atoms with Crippen LogP contribution < -0.4 is 21.1 Å². The monoisotopic (exact) mass is 279 g/mol. The van der Waals surface area contributed by atoms with E-state index in [0.29, 0.717) is 12.3 Å². The minimum absolute atomic E-state index is 0.223. The van der Waals surface area contributed by atoms with Crippen LogP contribution in [0.4, 0.5) is 4.79 Å². The zero-order valence-electron chi connectivity index (χ0n) is 12.0. The number of nitrogens with one attached hydrogen (secondary N) is 2. The van der Waals surface area contributed by atoms with Gasteiger partial charge in [-0.05, 0) is 38.5 Å². The second-order valence-corrected chi connectivity index (χ2v) is 5.39. The molecular weight excluding hydrogens is 258 g/mol. The Morgan fingerprint density at radius 3 is 2.30 bits per heavy atom. The number of ether oxygens (including phenoxy) is 1. The number of amides is 3. The Morgan fingerprint density at radius 1 is 1.20 bits per heavy atom. The molecule has 1 aromatic carbocycles. The van der Waals surface area contributed by atoms with Crippen LogP contribution in [0.1, 0.15) is 26.3 Å². The van der Waals surface area contributed by atoms with Crippen molar-refractivity contribution < 1.29 is 14.3 Å². The lowest BCUT2D eigenvalue weighted by atomic mass is 10.1. The molecule has 0 aliphatic carbocycles. The van der Waals surface area contributed by atoms with Crippen LogP contribution in [0, 0.1) is 0 Å². The second-order valence-electron chi connectivity index (χ2n) is 5.39. The van der Waals surface area contributed by atoms with Gasteiger partial charge in [0.05, 0.1) is 0 Å². The third-order valence-corrected chi connectivity index (χ3v) is 2.27. The van der Waals surface area contributed by atoms with Gasteiger partial charge in [0.2, 0.25) is 0 Å². The van der Waals surface area contributed by atoms with Gasteiger partial charge in [0, 0.05) is 12.1 Å². The van der Waals surface area contributed by atoms with Crippen molar-refractivity contribution in [2.45, 2.75) is 32.9 Å². The van der Waals surface area contributed by atoms with Gasteiger partial charge < -0.3 is 15.8 Å². The predicted molar refractivity (Wildman–Crippen MR) is 76.3 cm³/mol. The van der Waals surface area contributed by atoms with Crippen LogP contribution in [0.2, 0.25) is 0 Å². The largest absolute Gasteiger partial charge is 0.484 e. The molecule has 0 bridgehead atoms. The van der Waals surface area contributed by atoms with E-state index in [9.17, 15) is 9.59 Å². The first-order chi connectivity index (χ1) is 9.30. The molecular formula is C14H21N3O3. The highest BCUT2D eigenvalue weighted by atomic mass is 16.5. The number of benzene rings is 1. The average molecular weight is 279 g/mol. The molecule has 0 fully saturated rings. The summed E-state index contributed by atoms with van der Waals surface area (Å²) in [4.78, 5) is 23.0. The van der Waals surface area contributed by atoms with Crippen LogP contribution >= 0.6 is 0 Å². The highest BCUT2D eigenvalue weighted by Crippen LogP contribution is 2.11. The zero-order chi connectivity index (χ0) is 15.2. The maximum absolute atomic E-state index is 11.5. The molecule has 1 rings (SSSR count). The molecule has 0 saturated heterocycles. The fraction of sp³-hybridized carbons (Fsp3) is 0.429. The summed E-state index contributed by atoms with van der Waals surface area (Å²) in [5, 5.41) is 4.82. The summed E-state index contributed by atoms with van der Waals surface area (Å²) in [5.41, 5.74) is 6.06. The van der Waals surface area contributed by atoms with Gasteiger partial charge in [-0.1, -0.05) is 12.1 Å². The lowest BCUT2D eigenvalue weighted by molar-refractivity contribution is -0.122. The molecule has 0 aromatic heterocycles. The maximum atomic E-state index is 11.5. The average Bonchev–Trinajstić information content (AvgIpc) is 2.34. The Kier molecular flexibility index (Phi) is 5.52. The van der Waals surface area contributed by atoms with Gasteiger partial charge in [-0.2, -0.15) is 0 Å². The van der Waals surface area contributed by atoms with Crippen molar-refractivity contribution in [2.24, 2.45) is 5.73 Å². The first kappa shape index (κ1) is 16.0. The summed E-state index contributed by atoms with van der Waals surface area (Å²) in [6.45, 7) is 5.71. The number of imide groups is 1. The van der Waals surface area contributed by atoms with E-state index in [-0.39, 0.29) is 6.61 Å². The summed E-state index contributed by atoms with van der Waals surface area (Å²) in [6, 6.07) is 6.55. The minimum Gasteiger partial charge on any atom is -0.484 e. The zero-order valence-corrected chi connectivity index (χ0v) is 12.0. The number of carbonyl (C=O) groups excluding carboxylic acids is 2. The molecule has 0 atom stereocenters. The van der Waals surface area contributed by atoms with E-state index in [1.807, 2.05) is 32.9 Å². The van der Waals surface area contributed by atoms with E-state index >= 15 is 0 Å². The van der Waals surface area contributed by atoms with Crippen molar-refractivity contribution in [3.63, 3.8) is 0 Å². The number of rotatable bonds is 4. The first-order valence-electron chi connectivity index (χ1n) is 6.34. The third kappa shape index (κ3) is 6.19. The van der Waals surface area contributed by atoms with E-state index in [4.69, 9.17) is 10.5 Å². The van der Waals surface area contributed by atoms with E-state index in [2.05, 4.69) is 10.6 Å². The lowest BCUT2D eigenvalue weighted by Gasteiger charge is -2.20. The molecule has 4 N–H and O–H groups in total. The molecule has 6 nitrogen and oxygen atoms in total. The van der Waals surface area contributed by atoms with Crippen molar-refractivity contribution in [1.29, 1.82) is 0 Å². The molecule has 0 spiro atoms. The number of hydrogen-bond donors (Lipinski definition) is 3. The molecule has 6 heteroatoms. The van der Waals surface area contributed by atoms with Crippen LogP contribution in [0.3, 0.4) is 0 Å². The Hall–Kier alpha value is -2.08. The molecule has 0 unspecified atom stereocenters. The summed E-state index contributed by atoms with van der Waals surface area (Å²) in [5.74, 6) is 0.0447. The Morgan fingerprint density at radius 2 is 1.80 bits per heavy atom. The quantitative estimate of drug-likeness (QED) is 0.770. The SMILES string of the molecule is CC(C)(C)NC(=O)NC(=O)COc1ccc(CN)cc1. The van der Waals surface area contributed by atoms with Crippen molar-refractivity contribution in [3.8, 4) is 5.75 Å². The highest BCUT2D eigenvalue weighted by Gasteiger charge is 2.15. The summed E-state index contributed by atoms with van der Waals surface area (Å²) in [7, 11) is 0. The Bertz CT molecular complexity index is 464. The van der Waals surface area contributed by atoms with Crippen molar-refractivity contribution in [2.75, 3.05) is 6.61 Å². The second kappa shape index (κ2) is 6.91. The molecule has 110 valence electrons. The van der Waals surface area contributed by atoms with E-state index in [1.54, 1.807) is 12.1 Å². The lowest BCUT2D eigenvalue weighted by Crippen LogP contribution is -2.49. The Balaban J connectivity index is 2.37. The molecule has 20 heavy (non-hydrogen) atoms. The summed E-state index contributed by atoms with van der Waals surface area (Å²) in [6.07, 6.45) is 0. The van der Waals surface area contributed by atoms with Crippen LogP contribution in [0.15, 0.2) is 24.3 Å². The van der Waals surface area contributed by atoms with Gasteiger partial charge in [0.25, 0.3) is 5.91 Å². The molecule has 0 aliphatic heterocycles. The number of carbonyl (C=O) groups is 2. The van der Waals surface area contributed by atoms with Crippen molar-refractivity contribution in [3.05, 3.63) is 29.8 Å². The van der Waals surface area contributed by atoms with Crippen LogP contribution in [-0.2, 0) is 11.3 Å². The van der Waals surface area contributed by atoms with E-state index in [1.165, 1.54) is 0 Å². The maximum Gasteiger partial charge on any atom is 0.321 e. The fourth-order valence-electron chi connectivity index (χ4n) is 1.41. The molecule has 0 aliphatic rings. The molecule has 3 amide bonds. The summed E-state index contributed by atoms with van der Waals surface area (Å²) < 4.78 is 5.27. The number of hydrogen-bond acceptors (Lipinski definition) is 4. The molecule has 0 heterocycles. The first-order valence-corrected chi connectivity index (χ1v) is 6.34. The van der Waals surface area contributed by atoms with Crippen LogP contribution in [0.25, 0.3) is 0 Å². The number of urea groups is 1. The Labute approximate surface area is 118 Å². The van der Waals surface area contributed by atoms with Gasteiger partial charge in [-0.3, -0.25) is 10.1 Å². The topological polar surface area (TPSA) is 93.5 Å². The van der Waals surface area contributed by atoms with E-state index < -0.39 is 17.5 Å². The minimum atomic E-state index is -0.537. The standard InChI is InChI=1S/C14H21N3O3/c1-14(2,3)17-13(19)16-12(18)9-20-11-6-4-10(8-15)5-7-11/h4-7H,8-9,15H2,1-3H3,(H2,16,17,18,19). The number of nitrogens with two attached hydrogens (primary N) is 1. The van der Waals surface area contributed by atoms with Crippen molar-refractivity contribution >= 4 is 11.9 Å². The van der Waals surface area contributed by atoms with Gasteiger partial charge >= 0.3 is 6.03 Å². The van der Waals surface area contributed by atoms with Gasteiger partial charge in [0.1, 0.15) is 5.75 Å². The molecule has 0 saturated carbocycles. The third-order valence-electron chi connectivity index (χ3n) is 2.27. The molecule has 1 aromatic rings. The van der Waals surface area contributed by atoms with Crippen molar-refractivity contribution in [1.82, 2.24) is 10.6 Å². The predicted octanol–water partition coefficient (Wildman–Crippen LogP) is 1.15. The van der Waals surface area contributed by atoms with Gasteiger partial charge in [-0.15, -0.1) is 0 Å². The van der Waals surface area contributed by atoms with Gasteiger partial charge in [-0.25, -0.2) is 4.79 Å². The smallest absolute Gasteiger partial charge is 0.321 e.